The van der Waals surface area contributed by atoms with Crippen molar-refractivity contribution < 1.29 is 33.0 Å². The highest BCUT2D eigenvalue weighted by Crippen LogP contribution is 2.25. The van der Waals surface area contributed by atoms with E-state index in [1.807, 2.05) is 13.8 Å². The molecule has 2 heterocycles. The normalized spacial score (nSPS) is 22.1. The summed E-state index contributed by atoms with van der Waals surface area (Å²) in [5.41, 5.74) is 0.155. The highest BCUT2D eigenvalue weighted by Gasteiger charge is 2.29. The highest BCUT2D eigenvalue weighted by molar-refractivity contribution is 5.98. The van der Waals surface area contributed by atoms with E-state index in [1.165, 1.54) is 6.20 Å². The van der Waals surface area contributed by atoms with Crippen LogP contribution in [0.4, 0.5) is 25.3 Å². The zero-order valence-electron chi connectivity index (χ0n) is 21.2. The van der Waals surface area contributed by atoms with Crippen molar-refractivity contribution in [1.82, 2.24) is 20.2 Å². The molecule has 2 amide bonds. The summed E-state index contributed by atoms with van der Waals surface area (Å²) in [7, 11) is 0. The van der Waals surface area contributed by atoms with Crippen LogP contribution in [-0.4, -0.2) is 89.8 Å². The van der Waals surface area contributed by atoms with Gasteiger partial charge in [0.05, 0.1) is 19.3 Å². The zero-order chi connectivity index (χ0) is 26.8. The molecule has 1 atom stereocenters. The molecule has 1 aromatic rings. The minimum absolute atomic E-state index is 0.0460. The van der Waals surface area contributed by atoms with E-state index in [2.05, 4.69) is 30.3 Å². The van der Waals surface area contributed by atoms with Crippen LogP contribution in [0.15, 0.2) is 11.2 Å². The number of carbonyl (C=O) groups excluding carboxylic acids is 2. The SMILES string of the molecule is CC(C)COC(=O)N1CC[C@H](NC(=O)c2cnc(NCCOC(F)F)nc2N=CC2CCC(O)CC2)C1. The maximum atomic E-state index is 13.1. The minimum atomic E-state index is -2.87. The average Bonchev–Trinajstić information content (AvgIpc) is 3.33. The van der Waals surface area contributed by atoms with Crippen LogP contribution in [0.3, 0.4) is 0 Å². The largest absolute Gasteiger partial charge is 0.449 e. The molecule has 3 rings (SSSR count). The van der Waals surface area contributed by atoms with Gasteiger partial charge >= 0.3 is 12.7 Å². The molecule has 1 saturated carbocycles. The van der Waals surface area contributed by atoms with Gasteiger partial charge in [0, 0.05) is 38.1 Å². The van der Waals surface area contributed by atoms with Crippen LogP contribution in [-0.2, 0) is 9.47 Å². The predicted octanol–water partition coefficient (Wildman–Crippen LogP) is 2.98. The molecule has 0 radical (unpaired) electrons. The van der Waals surface area contributed by atoms with Crippen molar-refractivity contribution in [2.75, 3.05) is 38.2 Å². The number of hydrogen-bond donors (Lipinski definition) is 3. The molecule has 3 N–H and O–H groups in total. The first-order chi connectivity index (χ1) is 17.7. The molecule has 13 heteroatoms. The van der Waals surface area contributed by atoms with E-state index in [0.29, 0.717) is 39.0 Å². The Bertz CT molecular complexity index is 927. The maximum absolute atomic E-state index is 13.1. The number of nitrogens with zero attached hydrogens (tertiary/aromatic N) is 4. The molecule has 37 heavy (non-hydrogen) atoms. The van der Waals surface area contributed by atoms with Crippen LogP contribution >= 0.6 is 0 Å². The van der Waals surface area contributed by atoms with Crippen molar-refractivity contribution in [2.24, 2.45) is 16.8 Å². The van der Waals surface area contributed by atoms with E-state index in [4.69, 9.17) is 4.74 Å². The number of rotatable bonds is 11. The molecule has 2 fully saturated rings. The van der Waals surface area contributed by atoms with Gasteiger partial charge in [-0.15, -0.1) is 0 Å². The van der Waals surface area contributed by atoms with Crippen LogP contribution in [0.25, 0.3) is 0 Å². The summed E-state index contributed by atoms with van der Waals surface area (Å²) in [6, 6.07) is -0.264. The summed E-state index contributed by atoms with van der Waals surface area (Å²) in [4.78, 5) is 39.8. The van der Waals surface area contributed by atoms with Crippen molar-refractivity contribution >= 4 is 30.0 Å². The van der Waals surface area contributed by atoms with Crippen molar-refractivity contribution in [3.05, 3.63) is 11.8 Å². The van der Waals surface area contributed by atoms with Gasteiger partial charge in [0.15, 0.2) is 5.82 Å². The molecule has 1 aliphatic heterocycles. The van der Waals surface area contributed by atoms with Gasteiger partial charge in [0.1, 0.15) is 5.56 Å². The van der Waals surface area contributed by atoms with Gasteiger partial charge in [-0.05, 0) is 43.9 Å². The molecule has 0 bridgehead atoms. The summed E-state index contributed by atoms with van der Waals surface area (Å²) in [5, 5.41) is 15.4. The van der Waals surface area contributed by atoms with Crippen LogP contribution in [0.1, 0.15) is 56.3 Å². The van der Waals surface area contributed by atoms with E-state index in [0.717, 1.165) is 12.8 Å². The summed E-state index contributed by atoms with van der Waals surface area (Å²) < 4.78 is 33.9. The Balaban J connectivity index is 1.65. The van der Waals surface area contributed by atoms with Crippen LogP contribution in [0, 0.1) is 11.8 Å². The molecular weight excluding hydrogens is 490 g/mol. The fourth-order valence-corrected chi connectivity index (χ4v) is 4.09. The third-order valence-electron chi connectivity index (χ3n) is 6.11. The lowest BCUT2D eigenvalue weighted by atomic mass is 9.88. The number of halogens is 2. The second kappa shape index (κ2) is 14.1. The Hall–Kier alpha value is -2.93. The second-order valence-corrected chi connectivity index (χ2v) is 9.71. The number of aliphatic imine (C=N–C) groups is 1. The first kappa shape index (κ1) is 28.6. The van der Waals surface area contributed by atoms with Crippen molar-refractivity contribution in [3.63, 3.8) is 0 Å². The van der Waals surface area contributed by atoms with E-state index in [1.54, 1.807) is 11.1 Å². The number of aromatic nitrogens is 2. The molecule has 0 spiro atoms. The quantitative estimate of drug-likeness (QED) is 0.296. The molecule has 1 aromatic heterocycles. The monoisotopic (exact) mass is 526 g/mol. The van der Waals surface area contributed by atoms with Gasteiger partial charge in [-0.1, -0.05) is 13.8 Å². The fraction of sp³-hybridized carbons (Fsp3) is 0.708. The summed E-state index contributed by atoms with van der Waals surface area (Å²) in [5.74, 6) is 0.211. The lowest BCUT2D eigenvalue weighted by molar-refractivity contribution is -0.125. The Morgan fingerprint density at radius 2 is 2.03 bits per heavy atom. The number of hydrogen-bond acceptors (Lipinski definition) is 9. The number of aliphatic hydroxyl groups excluding tert-OH is 1. The molecule has 1 saturated heterocycles. The van der Waals surface area contributed by atoms with Crippen molar-refractivity contribution in [2.45, 2.75) is 64.7 Å². The molecule has 0 aromatic carbocycles. The molecule has 0 unspecified atom stereocenters. The molecule has 1 aliphatic carbocycles. The van der Waals surface area contributed by atoms with Crippen molar-refractivity contribution in [1.29, 1.82) is 0 Å². The standard InChI is InChI=1S/C24H36F2N6O5/c1-15(2)14-37-24(35)32-9-7-17(13-32)30-21(34)19-12-29-23(27-8-10-36-22(25)26)31-20(19)28-11-16-3-5-18(33)6-4-16/h11-12,15-18,22,33H,3-10,13-14H2,1-2H3,(H,30,34)(H,27,29,31)/t16?,17-,18?/m0/s1. The number of anilines is 1. The van der Waals surface area contributed by atoms with E-state index in [9.17, 15) is 23.5 Å². The third kappa shape index (κ3) is 9.47. The number of aliphatic hydroxyl groups is 1. The lowest BCUT2D eigenvalue weighted by Crippen LogP contribution is -2.39. The summed E-state index contributed by atoms with van der Waals surface area (Å²) >= 11 is 0. The first-order valence-corrected chi connectivity index (χ1v) is 12.7. The van der Waals surface area contributed by atoms with Crippen LogP contribution < -0.4 is 10.6 Å². The maximum Gasteiger partial charge on any atom is 0.409 e. The molecular formula is C24H36F2N6O5. The van der Waals surface area contributed by atoms with Gasteiger partial charge in [-0.3, -0.25) is 4.79 Å². The average molecular weight is 527 g/mol. The topological polar surface area (TPSA) is 138 Å². The van der Waals surface area contributed by atoms with E-state index < -0.39 is 18.6 Å². The van der Waals surface area contributed by atoms with E-state index in [-0.39, 0.29) is 54.5 Å². The number of ether oxygens (including phenoxy) is 2. The number of likely N-dealkylation sites (tertiary alicyclic amines) is 1. The lowest BCUT2D eigenvalue weighted by Gasteiger charge is -2.22. The Kier molecular flexibility index (Phi) is 10.9. The summed E-state index contributed by atoms with van der Waals surface area (Å²) in [6.45, 7) is 1.98. The van der Waals surface area contributed by atoms with Crippen LogP contribution in [0.5, 0.6) is 0 Å². The highest BCUT2D eigenvalue weighted by atomic mass is 19.3. The predicted molar refractivity (Wildman–Crippen MR) is 132 cm³/mol. The van der Waals surface area contributed by atoms with Gasteiger partial charge < -0.3 is 30.1 Å². The van der Waals surface area contributed by atoms with Gasteiger partial charge in [-0.2, -0.15) is 13.8 Å². The summed E-state index contributed by atoms with van der Waals surface area (Å²) in [6.07, 6.45) is 5.86. The smallest absolute Gasteiger partial charge is 0.409 e. The number of nitrogens with one attached hydrogen (secondary N) is 2. The zero-order valence-corrected chi connectivity index (χ0v) is 21.2. The van der Waals surface area contributed by atoms with Crippen LogP contribution in [0.2, 0.25) is 0 Å². The fourth-order valence-electron chi connectivity index (χ4n) is 4.09. The Morgan fingerprint density at radius 1 is 1.27 bits per heavy atom. The molecule has 2 aliphatic rings. The molecule has 11 nitrogen and oxygen atoms in total. The minimum Gasteiger partial charge on any atom is -0.449 e. The van der Waals surface area contributed by atoms with Gasteiger partial charge in [-0.25, -0.2) is 14.8 Å². The van der Waals surface area contributed by atoms with Crippen molar-refractivity contribution in [3.8, 4) is 0 Å². The van der Waals surface area contributed by atoms with Gasteiger partial charge in [0.2, 0.25) is 5.95 Å². The number of amides is 2. The Labute approximate surface area is 215 Å². The molecule has 206 valence electrons. The first-order valence-electron chi connectivity index (χ1n) is 12.7. The number of alkyl halides is 2. The third-order valence-corrected chi connectivity index (χ3v) is 6.11. The number of carbonyl (C=O) groups is 2. The van der Waals surface area contributed by atoms with E-state index >= 15 is 0 Å². The van der Waals surface area contributed by atoms with Gasteiger partial charge in [0.25, 0.3) is 5.91 Å². The Morgan fingerprint density at radius 3 is 2.73 bits per heavy atom. The second-order valence-electron chi connectivity index (χ2n) is 9.71.